The van der Waals surface area contributed by atoms with Gasteiger partial charge in [0.05, 0.1) is 6.26 Å². The fraction of sp³-hybridized carbons (Fsp3) is 0.583. The Morgan fingerprint density at radius 3 is 2.54 bits per heavy atom. The van der Waals surface area contributed by atoms with E-state index < -0.39 is 0 Å². The van der Waals surface area contributed by atoms with Gasteiger partial charge in [-0.25, -0.2) is 0 Å². The topological polar surface area (TPSA) is 9.23 Å². The Hall–Kier alpha value is -0.720. The largest absolute Gasteiger partial charge is 0.498 e. The van der Waals surface area contributed by atoms with E-state index in [1.54, 1.807) is 6.26 Å². The van der Waals surface area contributed by atoms with Gasteiger partial charge in [0, 0.05) is 0 Å². The summed E-state index contributed by atoms with van der Waals surface area (Å²) in [7, 11) is 3.23. The van der Waals surface area contributed by atoms with E-state index in [2.05, 4.69) is 24.8 Å². The number of rotatable bonds is 8. The van der Waals surface area contributed by atoms with Gasteiger partial charge < -0.3 is 4.74 Å². The van der Waals surface area contributed by atoms with Crippen molar-refractivity contribution in [3.63, 3.8) is 0 Å². The molecule has 1 nitrogen and oxygen atoms in total. The van der Waals surface area contributed by atoms with Crippen molar-refractivity contribution in [2.24, 2.45) is 0 Å². The van der Waals surface area contributed by atoms with Gasteiger partial charge in [-0.1, -0.05) is 44.8 Å². The van der Waals surface area contributed by atoms with Crippen LogP contribution in [0.1, 0.15) is 45.4 Å². The minimum absolute atomic E-state index is 1.17. The second kappa shape index (κ2) is 11.3. The highest BCUT2D eigenvalue weighted by atomic mass is 16.5. The van der Waals surface area contributed by atoms with Crippen LogP contribution in [0.5, 0.6) is 0 Å². The summed E-state index contributed by atoms with van der Waals surface area (Å²) >= 11 is 0. The van der Waals surface area contributed by atoms with E-state index in [1.165, 1.54) is 38.5 Å². The third kappa shape index (κ3) is 11.3. The molecule has 0 bridgehead atoms. The summed E-state index contributed by atoms with van der Waals surface area (Å²) in [5.74, 6) is 0. The summed E-state index contributed by atoms with van der Waals surface area (Å²) in [5, 5.41) is 0. The molecule has 0 unspecified atom stereocenters. The standard InChI is InChI=1S/C12H21O/c1-3-4-5-6-7-8-9-10-11-12-13-2/h9-12H,2-8H2,1H3. The first-order valence-electron chi connectivity index (χ1n) is 5.14. The Bertz CT molecular complexity index is 136. The Morgan fingerprint density at radius 1 is 1.08 bits per heavy atom. The number of unbranched alkanes of at least 4 members (excludes halogenated alkanes) is 5. The average Bonchev–Trinajstić information content (AvgIpc) is 2.16. The van der Waals surface area contributed by atoms with Gasteiger partial charge in [-0.3, -0.25) is 0 Å². The summed E-state index contributed by atoms with van der Waals surface area (Å²) in [6.07, 6.45) is 15.5. The molecule has 1 heteroatoms. The van der Waals surface area contributed by atoms with E-state index in [0.717, 1.165) is 0 Å². The molecule has 0 amide bonds. The lowest BCUT2D eigenvalue weighted by atomic mass is 10.1. The molecule has 0 aromatic carbocycles. The van der Waals surface area contributed by atoms with Gasteiger partial charge in [0.15, 0.2) is 0 Å². The second-order valence-corrected chi connectivity index (χ2v) is 3.13. The maximum absolute atomic E-state index is 4.52. The minimum Gasteiger partial charge on any atom is -0.498 e. The predicted molar refractivity (Wildman–Crippen MR) is 58.1 cm³/mol. The van der Waals surface area contributed by atoms with Crippen molar-refractivity contribution in [2.75, 3.05) is 0 Å². The van der Waals surface area contributed by atoms with E-state index in [9.17, 15) is 0 Å². The van der Waals surface area contributed by atoms with Crippen LogP contribution in [0, 0.1) is 7.11 Å². The first-order valence-corrected chi connectivity index (χ1v) is 5.14. The maximum Gasteiger partial charge on any atom is 0.121 e. The SMILES string of the molecule is [CH2]OC=CC=CCCCCCCC. The number of ether oxygens (including phenoxy) is 1. The van der Waals surface area contributed by atoms with Crippen LogP contribution >= 0.6 is 0 Å². The fourth-order valence-electron chi connectivity index (χ4n) is 1.14. The molecule has 0 fully saturated rings. The molecule has 0 rings (SSSR count). The molecule has 0 aromatic rings. The van der Waals surface area contributed by atoms with Crippen LogP contribution in [-0.2, 0) is 4.74 Å². The highest BCUT2D eigenvalue weighted by molar-refractivity contribution is 4.99. The minimum atomic E-state index is 1.17. The molecule has 0 aliphatic carbocycles. The highest BCUT2D eigenvalue weighted by Gasteiger charge is 1.85. The molecule has 0 aliphatic heterocycles. The lowest BCUT2D eigenvalue weighted by Gasteiger charge is -1.95. The molecule has 0 saturated heterocycles. The van der Waals surface area contributed by atoms with Crippen molar-refractivity contribution >= 4 is 0 Å². The van der Waals surface area contributed by atoms with Crippen molar-refractivity contribution < 1.29 is 4.74 Å². The molecule has 13 heavy (non-hydrogen) atoms. The van der Waals surface area contributed by atoms with Gasteiger partial charge >= 0.3 is 0 Å². The Balaban J connectivity index is 3.06. The maximum atomic E-state index is 4.52. The third-order valence-corrected chi connectivity index (χ3v) is 1.90. The first kappa shape index (κ1) is 12.3. The molecule has 0 spiro atoms. The van der Waals surface area contributed by atoms with Crippen LogP contribution in [0.4, 0.5) is 0 Å². The van der Waals surface area contributed by atoms with E-state index in [0.29, 0.717) is 0 Å². The smallest absolute Gasteiger partial charge is 0.121 e. The lowest BCUT2D eigenvalue weighted by molar-refractivity contribution is 0.394. The van der Waals surface area contributed by atoms with Crippen LogP contribution in [0.15, 0.2) is 24.5 Å². The zero-order valence-corrected chi connectivity index (χ0v) is 8.67. The average molecular weight is 181 g/mol. The molecular weight excluding hydrogens is 160 g/mol. The van der Waals surface area contributed by atoms with Gasteiger partial charge in [-0.05, 0) is 18.9 Å². The summed E-state index contributed by atoms with van der Waals surface area (Å²) in [5.41, 5.74) is 0. The van der Waals surface area contributed by atoms with Gasteiger partial charge in [-0.15, -0.1) is 0 Å². The van der Waals surface area contributed by atoms with Crippen LogP contribution in [-0.4, -0.2) is 0 Å². The van der Waals surface area contributed by atoms with Gasteiger partial charge in [0.25, 0.3) is 0 Å². The molecule has 0 saturated carbocycles. The van der Waals surface area contributed by atoms with Crippen molar-refractivity contribution in [3.05, 3.63) is 31.6 Å². The van der Waals surface area contributed by atoms with Crippen LogP contribution < -0.4 is 0 Å². The van der Waals surface area contributed by atoms with E-state index in [-0.39, 0.29) is 0 Å². The predicted octanol–water partition coefficient (Wildman–Crippen LogP) is 4.22. The van der Waals surface area contributed by atoms with Gasteiger partial charge in [0.1, 0.15) is 7.11 Å². The molecule has 0 N–H and O–H groups in total. The second-order valence-electron chi connectivity index (χ2n) is 3.13. The Morgan fingerprint density at radius 2 is 1.85 bits per heavy atom. The Kier molecular flexibility index (Phi) is 10.7. The molecule has 0 aromatic heterocycles. The number of hydrogen-bond donors (Lipinski definition) is 0. The van der Waals surface area contributed by atoms with Crippen LogP contribution in [0.25, 0.3) is 0 Å². The summed E-state index contributed by atoms with van der Waals surface area (Å²) < 4.78 is 4.52. The van der Waals surface area contributed by atoms with Crippen molar-refractivity contribution in [1.82, 2.24) is 0 Å². The van der Waals surface area contributed by atoms with E-state index in [1.807, 2.05) is 12.2 Å². The first-order chi connectivity index (χ1) is 6.41. The molecule has 0 heterocycles. The number of hydrogen-bond acceptors (Lipinski definition) is 1. The third-order valence-electron chi connectivity index (χ3n) is 1.90. The van der Waals surface area contributed by atoms with Crippen LogP contribution in [0.2, 0.25) is 0 Å². The molecule has 0 aliphatic rings. The van der Waals surface area contributed by atoms with Crippen molar-refractivity contribution in [2.45, 2.75) is 45.4 Å². The van der Waals surface area contributed by atoms with Crippen molar-refractivity contribution in [3.8, 4) is 0 Å². The molecule has 75 valence electrons. The quantitative estimate of drug-likeness (QED) is 0.309. The van der Waals surface area contributed by atoms with E-state index in [4.69, 9.17) is 0 Å². The number of allylic oxidation sites excluding steroid dienone is 3. The molecular formula is C12H21O. The normalized spacial score (nSPS) is 11.5. The van der Waals surface area contributed by atoms with Crippen molar-refractivity contribution in [1.29, 1.82) is 0 Å². The summed E-state index contributed by atoms with van der Waals surface area (Å²) in [6, 6.07) is 0. The summed E-state index contributed by atoms with van der Waals surface area (Å²) in [6.45, 7) is 2.24. The van der Waals surface area contributed by atoms with Gasteiger partial charge in [0.2, 0.25) is 0 Å². The monoisotopic (exact) mass is 181 g/mol. The van der Waals surface area contributed by atoms with E-state index >= 15 is 0 Å². The fourth-order valence-corrected chi connectivity index (χ4v) is 1.14. The molecule has 1 radical (unpaired) electrons. The summed E-state index contributed by atoms with van der Waals surface area (Å²) in [4.78, 5) is 0. The zero-order valence-electron chi connectivity index (χ0n) is 8.67. The highest BCUT2D eigenvalue weighted by Crippen LogP contribution is 2.05. The van der Waals surface area contributed by atoms with Gasteiger partial charge in [-0.2, -0.15) is 0 Å². The molecule has 0 atom stereocenters. The Labute approximate surface area is 82.5 Å². The van der Waals surface area contributed by atoms with Crippen LogP contribution in [0.3, 0.4) is 0 Å². The lowest BCUT2D eigenvalue weighted by Crippen LogP contribution is -1.75. The zero-order chi connectivity index (χ0) is 9.78.